The molecule has 1 unspecified atom stereocenters. The first-order valence-electron chi connectivity index (χ1n) is 20.0. The largest absolute Gasteiger partial charge is 0.464 e. The SMILES string of the molecule is C=C1/C=C\C=C/O/C2=C/C=C/C(c3ccc4oc5ccccc5c4c3)=C\C(C(/C=C/C=C/C=C\C=C/C(=C\C=C\C=C\N)c3ccccc3)c3ccccc3)=C/C=C/C=C/12. The van der Waals surface area contributed by atoms with Crippen LogP contribution in [0.4, 0.5) is 0 Å². The zero-order valence-corrected chi connectivity index (χ0v) is 33.4. The predicted octanol–water partition coefficient (Wildman–Crippen LogP) is 14.6. The van der Waals surface area contributed by atoms with Gasteiger partial charge in [0.05, 0.1) is 6.26 Å². The van der Waals surface area contributed by atoms with Crippen LogP contribution in [0.25, 0.3) is 33.1 Å². The van der Waals surface area contributed by atoms with Crippen LogP contribution in [0.3, 0.4) is 0 Å². The fourth-order valence-corrected chi connectivity index (χ4v) is 6.90. The van der Waals surface area contributed by atoms with Crippen LogP contribution in [0, 0.1) is 0 Å². The summed E-state index contributed by atoms with van der Waals surface area (Å²) in [4.78, 5) is 0. The molecule has 0 fully saturated rings. The standard InChI is InChI=1S/C57H47NO2/c1-44-24-20-22-41-59-55-37-23-32-48(49-38-39-57-54(43-49)53-35-18-19-36-56(53)60-57)42-50(31-16-17-33-51(44)55)52(47-29-12-7-13-30-47)34-15-5-3-2-4-9-25-45(28-14-8-21-40-58)46-26-10-6-11-27-46/h2-43,52H,1,58H2/b4-2-,5-3+,14-8+,17-16+,24-20-,25-9-,31-16?,32-23+,33-17?,34-15+,37-23?,40-21+,41-22-,45-28+,48-32?,48-42+,50-31+,50-42?,51-33-,55-37+,55-51?. The third kappa shape index (κ3) is 10.7. The van der Waals surface area contributed by atoms with Gasteiger partial charge in [-0.1, -0.05) is 213 Å². The van der Waals surface area contributed by atoms with Crippen LogP contribution in [-0.2, 0) is 4.74 Å². The van der Waals surface area contributed by atoms with Gasteiger partial charge in [-0.15, -0.1) is 0 Å². The van der Waals surface area contributed by atoms with Crippen molar-refractivity contribution in [2.45, 2.75) is 5.92 Å². The summed E-state index contributed by atoms with van der Waals surface area (Å²) in [6.45, 7) is 4.33. The number of hydrogen-bond acceptors (Lipinski definition) is 3. The van der Waals surface area contributed by atoms with E-state index >= 15 is 0 Å². The molecule has 292 valence electrons. The van der Waals surface area contributed by atoms with Crippen molar-refractivity contribution in [1.29, 1.82) is 0 Å². The van der Waals surface area contributed by atoms with Gasteiger partial charge in [-0.05, 0) is 81.6 Å². The van der Waals surface area contributed by atoms with Crippen LogP contribution in [0.1, 0.15) is 22.6 Å². The number of ether oxygens (including phenoxy) is 1. The van der Waals surface area contributed by atoms with E-state index in [4.69, 9.17) is 14.9 Å². The lowest BCUT2D eigenvalue weighted by molar-refractivity contribution is 0.362. The summed E-state index contributed by atoms with van der Waals surface area (Å²) >= 11 is 0. The quantitative estimate of drug-likeness (QED) is 0.136. The minimum Gasteiger partial charge on any atom is -0.464 e. The van der Waals surface area contributed by atoms with E-state index < -0.39 is 0 Å². The Balaban J connectivity index is 1.24. The summed E-state index contributed by atoms with van der Waals surface area (Å²) < 4.78 is 12.3. The van der Waals surface area contributed by atoms with Crippen LogP contribution >= 0.6 is 0 Å². The number of hydrogen-bond donors (Lipinski definition) is 1. The van der Waals surface area contributed by atoms with Gasteiger partial charge in [0.2, 0.25) is 0 Å². The van der Waals surface area contributed by atoms with Crippen LogP contribution in [0.2, 0.25) is 0 Å². The average Bonchev–Trinajstić information content (AvgIpc) is 3.65. The normalized spacial score (nSPS) is 21.6. The van der Waals surface area contributed by atoms with Gasteiger partial charge in [0.1, 0.15) is 16.9 Å². The molecule has 3 nitrogen and oxygen atoms in total. The molecule has 5 aromatic rings. The van der Waals surface area contributed by atoms with Crippen molar-refractivity contribution in [2.75, 3.05) is 0 Å². The maximum absolute atomic E-state index is 6.21. The van der Waals surface area contributed by atoms with Gasteiger partial charge < -0.3 is 14.9 Å². The zero-order chi connectivity index (χ0) is 41.2. The summed E-state index contributed by atoms with van der Waals surface area (Å²) in [7, 11) is 0. The molecule has 2 heterocycles. The number of nitrogens with two attached hydrogens (primary N) is 1. The maximum atomic E-state index is 6.21. The molecule has 0 saturated carbocycles. The third-order valence-corrected chi connectivity index (χ3v) is 9.88. The first-order chi connectivity index (χ1) is 29.7. The molecule has 1 aliphatic heterocycles. The molecule has 0 radical (unpaired) electrons. The van der Waals surface area contributed by atoms with Crippen molar-refractivity contribution < 1.29 is 9.15 Å². The number of allylic oxidation sites excluding steroid dienone is 27. The van der Waals surface area contributed by atoms with Gasteiger partial charge in [-0.25, -0.2) is 0 Å². The summed E-state index contributed by atoms with van der Waals surface area (Å²) in [6.07, 6.45) is 50.4. The second-order valence-electron chi connectivity index (χ2n) is 13.9. The number of furan rings is 1. The van der Waals surface area contributed by atoms with Crippen molar-refractivity contribution >= 4 is 33.1 Å². The molecular formula is C57H47NO2. The fourth-order valence-electron chi connectivity index (χ4n) is 6.90. The Morgan fingerprint density at radius 3 is 2.20 bits per heavy atom. The minimum absolute atomic E-state index is 0.0542. The highest BCUT2D eigenvalue weighted by Crippen LogP contribution is 2.35. The molecule has 4 aromatic carbocycles. The maximum Gasteiger partial charge on any atom is 0.135 e. The van der Waals surface area contributed by atoms with Crippen molar-refractivity contribution in [1.82, 2.24) is 0 Å². The Kier molecular flexibility index (Phi) is 14.1. The van der Waals surface area contributed by atoms with Crippen LogP contribution in [-0.4, -0.2) is 0 Å². The van der Waals surface area contributed by atoms with Crippen molar-refractivity contribution in [2.24, 2.45) is 5.73 Å². The molecule has 0 bridgehead atoms. The molecule has 2 N–H and O–H groups in total. The molecule has 2 aliphatic rings. The highest BCUT2D eigenvalue weighted by atomic mass is 16.5. The molecular weight excluding hydrogens is 731 g/mol. The van der Waals surface area contributed by atoms with Crippen LogP contribution in [0.15, 0.2) is 289 Å². The molecule has 60 heavy (non-hydrogen) atoms. The molecule has 1 aliphatic carbocycles. The zero-order valence-electron chi connectivity index (χ0n) is 33.4. The van der Waals surface area contributed by atoms with E-state index in [1.807, 2.05) is 91.1 Å². The van der Waals surface area contributed by atoms with Gasteiger partial charge in [0.15, 0.2) is 0 Å². The molecule has 7 rings (SSSR count). The second-order valence-corrected chi connectivity index (χ2v) is 13.9. The van der Waals surface area contributed by atoms with E-state index in [9.17, 15) is 0 Å². The van der Waals surface area contributed by atoms with E-state index in [1.165, 1.54) is 11.8 Å². The Labute approximate surface area is 353 Å². The molecule has 3 heteroatoms. The summed E-state index contributed by atoms with van der Waals surface area (Å²) in [5.74, 6) is 0.658. The Morgan fingerprint density at radius 2 is 1.35 bits per heavy atom. The first kappa shape index (κ1) is 40.3. The first-order valence-corrected chi connectivity index (χ1v) is 20.0. The van der Waals surface area contributed by atoms with E-state index in [2.05, 4.69) is 152 Å². The summed E-state index contributed by atoms with van der Waals surface area (Å²) in [6, 6.07) is 35.5. The second kappa shape index (κ2) is 21.0. The number of para-hydroxylation sites is 1. The smallest absolute Gasteiger partial charge is 0.135 e. The predicted molar refractivity (Wildman–Crippen MR) is 255 cm³/mol. The lowest BCUT2D eigenvalue weighted by atomic mass is 9.87. The Hall–Kier alpha value is -7.88. The van der Waals surface area contributed by atoms with Crippen molar-refractivity contribution in [3.8, 4) is 0 Å². The monoisotopic (exact) mass is 777 g/mol. The highest BCUT2D eigenvalue weighted by molar-refractivity contribution is 6.06. The van der Waals surface area contributed by atoms with Gasteiger partial charge in [0, 0.05) is 22.3 Å². The fraction of sp³-hybridized carbons (Fsp3) is 0.0175. The molecule has 1 aromatic heterocycles. The topological polar surface area (TPSA) is 48.4 Å². The van der Waals surface area contributed by atoms with Crippen molar-refractivity contribution in [3.05, 3.63) is 301 Å². The van der Waals surface area contributed by atoms with Gasteiger partial charge in [-0.3, -0.25) is 0 Å². The summed E-state index contributed by atoms with van der Waals surface area (Å²) in [5.41, 5.74) is 15.6. The van der Waals surface area contributed by atoms with Gasteiger partial charge in [-0.2, -0.15) is 0 Å². The van der Waals surface area contributed by atoms with E-state index in [1.54, 1.807) is 12.3 Å². The molecule has 0 spiro atoms. The third-order valence-electron chi connectivity index (χ3n) is 9.88. The van der Waals surface area contributed by atoms with E-state index in [0.29, 0.717) is 5.76 Å². The van der Waals surface area contributed by atoms with Crippen LogP contribution in [0.5, 0.6) is 0 Å². The van der Waals surface area contributed by atoms with Crippen molar-refractivity contribution in [3.63, 3.8) is 0 Å². The lowest BCUT2D eigenvalue weighted by Gasteiger charge is -2.17. The Bertz CT molecular complexity index is 2780. The van der Waals surface area contributed by atoms with Gasteiger partial charge >= 0.3 is 0 Å². The molecule has 0 saturated heterocycles. The van der Waals surface area contributed by atoms with E-state index in [0.717, 1.165) is 60.9 Å². The number of fused-ring (bicyclic) bond motifs is 4. The molecule has 0 amide bonds. The lowest BCUT2D eigenvalue weighted by Crippen LogP contribution is -1.99. The van der Waals surface area contributed by atoms with E-state index in [-0.39, 0.29) is 5.92 Å². The number of rotatable bonds is 11. The highest BCUT2D eigenvalue weighted by Gasteiger charge is 2.15. The Morgan fingerprint density at radius 1 is 0.617 bits per heavy atom. The number of benzene rings is 4. The van der Waals surface area contributed by atoms with Gasteiger partial charge in [0.25, 0.3) is 0 Å². The molecule has 1 atom stereocenters. The van der Waals surface area contributed by atoms with Crippen LogP contribution < -0.4 is 5.73 Å². The average molecular weight is 778 g/mol. The summed E-state index contributed by atoms with van der Waals surface area (Å²) in [5, 5.41) is 2.16. The minimum atomic E-state index is -0.0542.